The van der Waals surface area contributed by atoms with E-state index in [9.17, 15) is 0 Å². The highest BCUT2D eigenvalue weighted by atomic mass is 127. The highest BCUT2D eigenvalue weighted by Crippen LogP contribution is 2.42. The minimum absolute atomic E-state index is 0.536. The topological polar surface area (TPSA) is 51.8 Å². The number of halogens is 1. The second-order valence-corrected chi connectivity index (χ2v) is 6.76. The highest BCUT2D eigenvalue weighted by Gasteiger charge is 2.29. The van der Waals surface area contributed by atoms with Gasteiger partial charge in [-0.05, 0) is 46.9 Å². The van der Waals surface area contributed by atoms with Crippen molar-refractivity contribution in [3.05, 3.63) is 39.1 Å². The Kier molecular flexibility index (Phi) is 3.67. The molecule has 2 aromatic rings. The number of hydrogen-bond acceptors (Lipinski definition) is 3. The maximum atomic E-state index is 6.04. The summed E-state index contributed by atoms with van der Waals surface area (Å²) >= 11 is 2.26. The van der Waals surface area contributed by atoms with Crippen molar-refractivity contribution in [3.8, 4) is 11.4 Å². The number of aromatic nitrogens is 2. The Bertz CT molecular complexity index is 631. The average Bonchev–Trinajstić information content (AvgIpc) is 3.26. The molecule has 2 N–H and O–H groups in total. The lowest BCUT2D eigenvalue weighted by Crippen LogP contribution is -2.04. The summed E-state index contributed by atoms with van der Waals surface area (Å²) in [6.45, 7) is 4.39. The van der Waals surface area contributed by atoms with Crippen molar-refractivity contribution in [2.75, 3.05) is 5.73 Å². The lowest BCUT2D eigenvalue weighted by Gasteiger charge is -2.10. The van der Waals surface area contributed by atoms with Gasteiger partial charge in [0.15, 0.2) is 5.82 Å². The molecule has 104 valence electrons. The maximum absolute atomic E-state index is 6.04. The minimum atomic E-state index is 0.536. The van der Waals surface area contributed by atoms with Crippen LogP contribution in [0.25, 0.3) is 11.4 Å². The SMILES string of the molecule is CC(C)c1ccc(-c2nc(N)c(I)c(C3CC3)n2)cc1. The van der Waals surface area contributed by atoms with Crippen molar-refractivity contribution in [2.45, 2.75) is 38.5 Å². The van der Waals surface area contributed by atoms with Crippen molar-refractivity contribution in [2.24, 2.45) is 0 Å². The van der Waals surface area contributed by atoms with Crippen LogP contribution in [0, 0.1) is 3.57 Å². The summed E-state index contributed by atoms with van der Waals surface area (Å²) < 4.78 is 1.02. The molecule has 0 atom stereocenters. The molecule has 1 saturated carbocycles. The second-order valence-electron chi connectivity index (χ2n) is 5.68. The molecule has 0 spiro atoms. The van der Waals surface area contributed by atoms with Gasteiger partial charge in [-0.2, -0.15) is 0 Å². The van der Waals surface area contributed by atoms with Gasteiger partial charge in [0.05, 0.1) is 9.26 Å². The van der Waals surface area contributed by atoms with E-state index < -0.39 is 0 Å². The maximum Gasteiger partial charge on any atom is 0.161 e. The third-order valence-corrected chi connectivity index (χ3v) is 4.81. The lowest BCUT2D eigenvalue weighted by molar-refractivity contribution is 0.866. The quantitative estimate of drug-likeness (QED) is 0.808. The first-order chi connectivity index (χ1) is 9.56. The number of rotatable bonds is 3. The molecule has 0 radical (unpaired) electrons. The molecule has 0 unspecified atom stereocenters. The smallest absolute Gasteiger partial charge is 0.161 e. The van der Waals surface area contributed by atoms with E-state index in [1.54, 1.807) is 0 Å². The predicted molar refractivity (Wildman–Crippen MR) is 90.7 cm³/mol. The molecule has 20 heavy (non-hydrogen) atoms. The van der Waals surface area contributed by atoms with Gasteiger partial charge in [-0.25, -0.2) is 9.97 Å². The summed E-state index contributed by atoms with van der Waals surface area (Å²) in [5.74, 6) is 2.47. The number of hydrogen-bond donors (Lipinski definition) is 1. The zero-order valence-electron chi connectivity index (χ0n) is 11.7. The van der Waals surface area contributed by atoms with Crippen LogP contribution < -0.4 is 5.73 Å². The van der Waals surface area contributed by atoms with Crippen LogP contribution in [0.3, 0.4) is 0 Å². The van der Waals surface area contributed by atoms with Gasteiger partial charge < -0.3 is 5.73 Å². The fraction of sp³-hybridized carbons (Fsp3) is 0.375. The van der Waals surface area contributed by atoms with Gasteiger partial charge >= 0.3 is 0 Å². The molecular formula is C16H18IN3. The molecule has 1 aromatic carbocycles. The zero-order chi connectivity index (χ0) is 14.3. The van der Waals surface area contributed by atoms with Crippen LogP contribution in [0.4, 0.5) is 5.82 Å². The molecule has 3 nitrogen and oxygen atoms in total. The number of benzene rings is 1. The highest BCUT2D eigenvalue weighted by molar-refractivity contribution is 14.1. The van der Waals surface area contributed by atoms with Crippen LogP contribution in [0.5, 0.6) is 0 Å². The predicted octanol–water partition coefficient (Wildman–Crippen LogP) is 4.33. The summed E-state index contributed by atoms with van der Waals surface area (Å²) in [6.07, 6.45) is 2.44. The first-order valence-electron chi connectivity index (χ1n) is 6.99. The number of nitrogens with two attached hydrogens (primary N) is 1. The van der Waals surface area contributed by atoms with Crippen molar-refractivity contribution >= 4 is 28.4 Å². The van der Waals surface area contributed by atoms with Crippen LogP contribution in [-0.4, -0.2) is 9.97 Å². The van der Waals surface area contributed by atoms with E-state index in [2.05, 4.69) is 65.7 Å². The van der Waals surface area contributed by atoms with E-state index in [4.69, 9.17) is 10.7 Å². The van der Waals surface area contributed by atoms with Crippen LogP contribution in [0.1, 0.15) is 49.8 Å². The fourth-order valence-electron chi connectivity index (χ4n) is 2.26. The minimum Gasteiger partial charge on any atom is -0.383 e. The number of nitrogen functional groups attached to an aromatic ring is 1. The van der Waals surface area contributed by atoms with E-state index in [1.807, 2.05) is 0 Å². The molecule has 0 aliphatic heterocycles. The summed E-state index contributed by atoms with van der Waals surface area (Å²) in [6, 6.07) is 8.48. The summed E-state index contributed by atoms with van der Waals surface area (Å²) in [4.78, 5) is 9.19. The largest absolute Gasteiger partial charge is 0.383 e. The van der Waals surface area contributed by atoms with Crippen molar-refractivity contribution in [1.29, 1.82) is 0 Å². The third kappa shape index (κ3) is 2.66. The summed E-state index contributed by atoms with van der Waals surface area (Å²) in [7, 11) is 0. The molecule has 1 heterocycles. The van der Waals surface area contributed by atoms with E-state index in [1.165, 1.54) is 18.4 Å². The molecular weight excluding hydrogens is 361 g/mol. The molecule has 1 aliphatic carbocycles. The van der Waals surface area contributed by atoms with E-state index in [0.717, 1.165) is 20.7 Å². The summed E-state index contributed by atoms with van der Waals surface area (Å²) in [5.41, 5.74) is 9.54. The first kappa shape index (κ1) is 13.8. The Balaban J connectivity index is 2.01. The number of nitrogens with zero attached hydrogens (tertiary/aromatic N) is 2. The number of anilines is 1. The lowest BCUT2D eigenvalue weighted by atomic mass is 10.0. The zero-order valence-corrected chi connectivity index (χ0v) is 13.9. The van der Waals surface area contributed by atoms with Gasteiger partial charge in [-0.15, -0.1) is 0 Å². The Morgan fingerprint density at radius 3 is 2.35 bits per heavy atom. The molecule has 1 aromatic heterocycles. The average molecular weight is 379 g/mol. The molecule has 0 amide bonds. The van der Waals surface area contributed by atoms with Crippen LogP contribution in [0.15, 0.2) is 24.3 Å². The van der Waals surface area contributed by atoms with Crippen LogP contribution in [-0.2, 0) is 0 Å². The molecule has 0 bridgehead atoms. The monoisotopic (exact) mass is 379 g/mol. The van der Waals surface area contributed by atoms with Crippen LogP contribution >= 0.6 is 22.6 Å². The van der Waals surface area contributed by atoms with E-state index >= 15 is 0 Å². The van der Waals surface area contributed by atoms with E-state index in [-0.39, 0.29) is 0 Å². The molecule has 4 heteroatoms. The molecule has 3 rings (SSSR count). The molecule has 0 saturated heterocycles. The van der Waals surface area contributed by atoms with Gasteiger partial charge in [-0.3, -0.25) is 0 Å². The first-order valence-corrected chi connectivity index (χ1v) is 8.07. The van der Waals surface area contributed by atoms with Gasteiger partial charge in [0.2, 0.25) is 0 Å². The van der Waals surface area contributed by atoms with Gasteiger partial charge in [-0.1, -0.05) is 38.1 Å². The Morgan fingerprint density at radius 1 is 1.15 bits per heavy atom. The normalized spacial score (nSPS) is 14.8. The van der Waals surface area contributed by atoms with E-state index in [0.29, 0.717) is 17.7 Å². The van der Waals surface area contributed by atoms with Gasteiger partial charge in [0.25, 0.3) is 0 Å². The molecule has 1 aliphatic rings. The van der Waals surface area contributed by atoms with Gasteiger partial charge in [0.1, 0.15) is 5.82 Å². The second kappa shape index (κ2) is 5.31. The Morgan fingerprint density at radius 2 is 1.80 bits per heavy atom. The van der Waals surface area contributed by atoms with Crippen LogP contribution in [0.2, 0.25) is 0 Å². The van der Waals surface area contributed by atoms with Crippen molar-refractivity contribution < 1.29 is 0 Å². The van der Waals surface area contributed by atoms with Crippen molar-refractivity contribution in [1.82, 2.24) is 9.97 Å². The Hall–Kier alpha value is -1.17. The van der Waals surface area contributed by atoms with Gasteiger partial charge in [0, 0.05) is 11.5 Å². The standard InChI is InChI=1S/C16H18IN3/c1-9(2)10-3-7-12(8-4-10)16-19-14(11-5-6-11)13(17)15(18)20-16/h3-4,7-9,11H,5-6H2,1-2H3,(H2,18,19,20). The molecule has 1 fully saturated rings. The van der Waals surface area contributed by atoms with Crippen molar-refractivity contribution in [3.63, 3.8) is 0 Å². The fourth-order valence-corrected chi connectivity index (χ4v) is 2.94. The summed E-state index contributed by atoms with van der Waals surface area (Å²) in [5, 5.41) is 0. The third-order valence-electron chi connectivity index (χ3n) is 3.70. The Labute approximate surface area is 133 Å².